The number of carbonyl (C=O) groups is 1. The van der Waals surface area contributed by atoms with Crippen molar-refractivity contribution in [2.45, 2.75) is 18.9 Å². The quantitative estimate of drug-likeness (QED) is 0.725. The van der Waals surface area contributed by atoms with Crippen molar-refractivity contribution in [1.29, 1.82) is 0 Å². The molecule has 1 unspecified atom stereocenters. The average molecular weight is 442 g/mol. The van der Waals surface area contributed by atoms with Gasteiger partial charge in [-0.2, -0.15) is 0 Å². The first kappa shape index (κ1) is 20.5. The summed E-state index contributed by atoms with van der Waals surface area (Å²) in [7, 11) is 0. The minimum atomic E-state index is 0.121. The molecule has 0 spiro atoms. The summed E-state index contributed by atoms with van der Waals surface area (Å²) < 4.78 is 11.4. The van der Waals surface area contributed by atoms with Gasteiger partial charge in [0.15, 0.2) is 11.5 Å². The van der Waals surface area contributed by atoms with Crippen molar-refractivity contribution in [2.24, 2.45) is 0 Å². The maximum atomic E-state index is 13.2. The first-order valence-electron chi connectivity index (χ1n) is 11.1. The highest BCUT2D eigenvalue weighted by Crippen LogP contribution is 2.38. The predicted octanol–water partition coefficient (Wildman–Crippen LogP) is 3.60. The van der Waals surface area contributed by atoms with Gasteiger partial charge in [0.25, 0.3) is 0 Å². The molecule has 0 N–H and O–H groups in total. The minimum absolute atomic E-state index is 0.121. The Hall–Kier alpha value is -2.44. The highest BCUT2D eigenvalue weighted by atomic mass is 35.5. The molecule has 0 aromatic heterocycles. The molecular weight excluding hydrogens is 414 g/mol. The summed E-state index contributed by atoms with van der Waals surface area (Å²) in [6.07, 6.45) is 2.03. The van der Waals surface area contributed by atoms with Crippen molar-refractivity contribution in [1.82, 2.24) is 9.80 Å². The van der Waals surface area contributed by atoms with E-state index in [0.29, 0.717) is 19.8 Å². The second-order valence-corrected chi connectivity index (χ2v) is 8.83. The Morgan fingerprint density at radius 3 is 2.58 bits per heavy atom. The van der Waals surface area contributed by atoms with Crippen LogP contribution < -0.4 is 14.4 Å². The number of hydrogen-bond donors (Lipinski definition) is 0. The van der Waals surface area contributed by atoms with Crippen molar-refractivity contribution in [3.05, 3.63) is 53.1 Å². The number of fused-ring (bicyclic) bond motifs is 1. The van der Waals surface area contributed by atoms with Crippen LogP contribution >= 0.6 is 11.6 Å². The zero-order valence-corrected chi connectivity index (χ0v) is 18.4. The molecular formula is C24H28ClN3O3. The normalized spacial score (nSPS) is 21.4. The number of amides is 1. The summed E-state index contributed by atoms with van der Waals surface area (Å²) in [5.41, 5.74) is 2.29. The minimum Gasteiger partial charge on any atom is -0.486 e. The Balaban J connectivity index is 1.19. The zero-order valence-electron chi connectivity index (χ0n) is 17.6. The van der Waals surface area contributed by atoms with Crippen LogP contribution in [0.25, 0.3) is 0 Å². The van der Waals surface area contributed by atoms with Crippen molar-refractivity contribution in [3.63, 3.8) is 0 Å². The zero-order chi connectivity index (χ0) is 21.2. The van der Waals surface area contributed by atoms with Crippen LogP contribution in [-0.2, 0) is 4.79 Å². The van der Waals surface area contributed by atoms with E-state index in [1.54, 1.807) is 0 Å². The fourth-order valence-corrected chi connectivity index (χ4v) is 4.98. The van der Waals surface area contributed by atoms with Gasteiger partial charge in [-0.15, -0.1) is 0 Å². The Morgan fingerprint density at radius 1 is 0.968 bits per heavy atom. The number of benzene rings is 2. The third kappa shape index (κ3) is 4.46. The summed E-state index contributed by atoms with van der Waals surface area (Å²) >= 11 is 6.14. The van der Waals surface area contributed by atoms with Crippen LogP contribution in [-0.4, -0.2) is 68.2 Å². The lowest BCUT2D eigenvalue weighted by atomic mass is 10.0. The average Bonchev–Trinajstić information content (AvgIpc) is 3.29. The summed E-state index contributed by atoms with van der Waals surface area (Å²) in [5.74, 6) is 1.80. The maximum Gasteiger partial charge on any atom is 0.237 e. The van der Waals surface area contributed by atoms with Gasteiger partial charge in [0.1, 0.15) is 13.2 Å². The van der Waals surface area contributed by atoms with Crippen LogP contribution in [0.5, 0.6) is 11.5 Å². The number of anilines is 1. The molecule has 3 aliphatic rings. The van der Waals surface area contributed by atoms with Crippen molar-refractivity contribution in [3.8, 4) is 11.5 Å². The Bertz CT molecular complexity index is 945. The number of hydrogen-bond acceptors (Lipinski definition) is 5. The Labute approximate surface area is 188 Å². The van der Waals surface area contributed by atoms with Crippen LogP contribution in [0.15, 0.2) is 42.5 Å². The van der Waals surface area contributed by atoms with Gasteiger partial charge in [-0.3, -0.25) is 9.69 Å². The number of nitrogens with zero attached hydrogens (tertiary/aromatic N) is 3. The third-order valence-corrected chi connectivity index (χ3v) is 6.66. The van der Waals surface area contributed by atoms with Crippen molar-refractivity contribution >= 4 is 23.2 Å². The van der Waals surface area contributed by atoms with Crippen molar-refractivity contribution < 1.29 is 14.3 Å². The number of carbonyl (C=O) groups excluding carboxylic acids is 1. The molecule has 164 valence electrons. The van der Waals surface area contributed by atoms with E-state index in [1.165, 1.54) is 0 Å². The fraction of sp³-hybridized carbons (Fsp3) is 0.458. The van der Waals surface area contributed by atoms with E-state index in [0.717, 1.165) is 73.3 Å². The lowest BCUT2D eigenvalue weighted by molar-refractivity contribution is -0.133. The van der Waals surface area contributed by atoms with Crippen LogP contribution in [0.1, 0.15) is 24.4 Å². The second-order valence-electron chi connectivity index (χ2n) is 8.39. The molecule has 31 heavy (non-hydrogen) atoms. The molecule has 0 bridgehead atoms. The molecule has 1 amide bonds. The summed E-state index contributed by atoms with van der Waals surface area (Å²) in [6.45, 7) is 6.01. The van der Waals surface area contributed by atoms with Gasteiger partial charge in [0, 0.05) is 43.4 Å². The van der Waals surface area contributed by atoms with Crippen LogP contribution in [0, 0.1) is 0 Å². The van der Waals surface area contributed by atoms with E-state index in [2.05, 4.69) is 32.9 Å². The molecule has 0 radical (unpaired) electrons. The fourth-order valence-electron chi connectivity index (χ4n) is 4.80. The van der Waals surface area contributed by atoms with Gasteiger partial charge >= 0.3 is 0 Å². The third-order valence-electron chi connectivity index (χ3n) is 6.43. The van der Waals surface area contributed by atoms with Gasteiger partial charge in [-0.1, -0.05) is 23.7 Å². The predicted molar refractivity (Wildman–Crippen MR) is 121 cm³/mol. The smallest absolute Gasteiger partial charge is 0.237 e. The van der Waals surface area contributed by atoms with E-state index in [-0.39, 0.29) is 11.9 Å². The lowest BCUT2D eigenvalue weighted by Gasteiger charge is -2.37. The molecule has 7 heteroatoms. The standard InChI is InChI=1S/C24H28ClN3O3/c25-19-3-1-4-20(16-19)27-11-9-26(10-12-27)17-24(29)28-8-2-5-21(28)18-6-7-22-23(15-18)31-14-13-30-22/h1,3-4,6-7,15-16,21H,2,5,8-14,17H2. The number of likely N-dealkylation sites (tertiary alicyclic amines) is 1. The highest BCUT2D eigenvalue weighted by Gasteiger charge is 2.32. The molecule has 6 nitrogen and oxygen atoms in total. The van der Waals surface area contributed by atoms with Gasteiger partial charge < -0.3 is 19.3 Å². The van der Waals surface area contributed by atoms with E-state index < -0.39 is 0 Å². The van der Waals surface area contributed by atoms with Gasteiger partial charge in [0.05, 0.1) is 12.6 Å². The number of ether oxygens (including phenoxy) is 2. The number of halogens is 1. The Kier molecular flexibility index (Phi) is 5.92. The summed E-state index contributed by atoms with van der Waals surface area (Å²) in [5, 5.41) is 0.759. The van der Waals surface area contributed by atoms with E-state index >= 15 is 0 Å². The van der Waals surface area contributed by atoms with Gasteiger partial charge in [-0.05, 0) is 48.7 Å². The first-order chi connectivity index (χ1) is 15.2. The SMILES string of the molecule is O=C(CN1CCN(c2cccc(Cl)c2)CC1)N1CCCC1c1ccc2c(c1)OCCO2. The van der Waals surface area contributed by atoms with Gasteiger partial charge in [0.2, 0.25) is 5.91 Å². The molecule has 5 rings (SSSR count). The number of rotatable bonds is 4. The van der Waals surface area contributed by atoms with Crippen LogP contribution in [0.4, 0.5) is 5.69 Å². The monoisotopic (exact) mass is 441 g/mol. The molecule has 2 aromatic carbocycles. The Morgan fingerprint density at radius 2 is 1.77 bits per heavy atom. The second kappa shape index (κ2) is 8.97. The van der Waals surface area contributed by atoms with Gasteiger partial charge in [-0.25, -0.2) is 0 Å². The van der Waals surface area contributed by atoms with E-state index in [1.807, 2.05) is 24.3 Å². The van der Waals surface area contributed by atoms with E-state index in [4.69, 9.17) is 21.1 Å². The van der Waals surface area contributed by atoms with Crippen LogP contribution in [0.3, 0.4) is 0 Å². The molecule has 3 aliphatic heterocycles. The molecule has 0 saturated carbocycles. The van der Waals surface area contributed by atoms with Crippen molar-refractivity contribution in [2.75, 3.05) is 57.4 Å². The molecule has 2 saturated heterocycles. The van der Waals surface area contributed by atoms with E-state index in [9.17, 15) is 4.79 Å². The molecule has 0 aliphatic carbocycles. The molecule has 2 fully saturated rings. The molecule has 1 atom stereocenters. The first-order valence-corrected chi connectivity index (χ1v) is 11.5. The topological polar surface area (TPSA) is 45.3 Å². The molecule has 3 heterocycles. The molecule has 2 aromatic rings. The summed E-state index contributed by atoms with van der Waals surface area (Å²) in [4.78, 5) is 19.8. The maximum absolute atomic E-state index is 13.2. The lowest BCUT2D eigenvalue weighted by Crippen LogP contribution is -2.50. The number of piperazine rings is 1. The highest BCUT2D eigenvalue weighted by molar-refractivity contribution is 6.30. The van der Waals surface area contributed by atoms with Crippen LogP contribution in [0.2, 0.25) is 5.02 Å². The summed E-state index contributed by atoms with van der Waals surface area (Å²) in [6, 6.07) is 14.2. The largest absolute Gasteiger partial charge is 0.486 e.